The van der Waals surface area contributed by atoms with E-state index in [0.29, 0.717) is 5.92 Å². The molecule has 154 valence electrons. The van der Waals surface area contributed by atoms with Crippen molar-refractivity contribution in [3.8, 4) is 0 Å². The van der Waals surface area contributed by atoms with Gasteiger partial charge in [0.05, 0.1) is 10.1 Å². The van der Waals surface area contributed by atoms with Crippen LogP contribution in [0.25, 0.3) is 0 Å². The molecule has 4 N–H and O–H groups in total. The maximum Gasteiger partial charge on any atom is 0.238 e. The number of sulfonamides is 2. The summed E-state index contributed by atoms with van der Waals surface area (Å²) in [6, 6.07) is 6.70. The first-order valence-corrected chi connectivity index (χ1v) is 12.5. The largest absolute Gasteiger partial charge is 0.316 e. The molecule has 1 fully saturated rings. The molecule has 0 amide bonds. The van der Waals surface area contributed by atoms with Crippen LogP contribution in [-0.4, -0.2) is 41.2 Å². The fourth-order valence-corrected chi connectivity index (χ4v) is 4.73. The molecule has 27 heavy (non-hydrogen) atoms. The van der Waals surface area contributed by atoms with Crippen LogP contribution in [0, 0.1) is 5.92 Å². The Morgan fingerprint density at radius 3 is 2.15 bits per heavy atom. The van der Waals surface area contributed by atoms with Crippen LogP contribution in [-0.2, 0) is 26.5 Å². The first-order chi connectivity index (χ1) is 12.6. The Labute approximate surface area is 163 Å². The lowest BCUT2D eigenvalue weighted by Crippen LogP contribution is -2.42. The van der Waals surface area contributed by atoms with Gasteiger partial charge >= 0.3 is 0 Å². The number of hydrogen-bond acceptors (Lipinski definition) is 5. The van der Waals surface area contributed by atoms with Crippen LogP contribution in [0.15, 0.2) is 29.2 Å². The number of benzene rings is 1. The highest BCUT2D eigenvalue weighted by Gasteiger charge is 2.26. The van der Waals surface area contributed by atoms with E-state index >= 15 is 0 Å². The van der Waals surface area contributed by atoms with Crippen molar-refractivity contribution < 1.29 is 16.8 Å². The fourth-order valence-electron chi connectivity index (χ4n) is 3.24. The highest BCUT2D eigenvalue weighted by molar-refractivity contribution is 7.90. The molecule has 7 nitrogen and oxygen atoms in total. The molecule has 0 heterocycles. The van der Waals surface area contributed by atoms with Gasteiger partial charge in [0.2, 0.25) is 20.0 Å². The van der Waals surface area contributed by atoms with Gasteiger partial charge in [-0.3, -0.25) is 0 Å². The third kappa shape index (κ3) is 7.15. The molecule has 0 bridgehead atoms. The second-order valence-electron chi connectivity index (χ2n) is 7.57. The van der Waals surface area contributed by atoms with Gasteiger partial charge in [0.25, 0.3) is 0 Å². The van der Waals surface area contributed by atoms with Gasteiger partial charge in [-0.25, -0.2) is 26.7 Å². The Bertz CT molecular complexity index is 798. The van der Waals surface area contributed by atoms with Crippen LogP contribution in [0.5, 0.6) is 0 Å². The Balaban J connectivity index is 1.66. The predicted molar refractivity (Wildman–Crippen MR) is 107 cm³/mol. The molecular formula is C18H31N3O4S2. The Morgan fingerprint density at radius 1 is 1.04 bits per heavy atom. The lowest BCUT2D eigenvalue weighted by molar-refractivity contribution is 0.303. The van der Waals surface area contributed by atoms with Crippen LogP contribution < -0.4 is 15.2 Å². The Kier molecular flexibility index (Phi) is 7.82. The number of rotatable bonds is 9. The summed E-state index contributed by atoms with van der Waals surface area (Å²) in [4.78, 5) is 0.129. The van der Waals surface area contributed by atoms with Crippen LogP contribution >= 0.6 is 0 Å². The summed E-state index contributed by atoms with van der Waals surface area (Å²) < 4.78 is 49.2. The summed E-state index contributed by atoms with van der Waals surface area (Å²) in [5.41, 5.74) is 1.06. The molecule has 0 radical (unpaired) electrons. The van der Waals surface area contributed by atoms with Crippen LogP contribution in [0.3, 0.4) is 0 Å². The van der Waals surface area contributed by atoms with Crippen molar-refractivity contribution in [3.63, 3.8) is 0 Å². The van der Waals surface area contributed by atoms with Gasteiger partial charge in [0.15, 0.2) is 0 Å². The standard InChI is InChI=1S/C18H31N3O4S2/c1-14(2)27(24,25)21-17-7-3-16(4-8-17)13-20-12-11-15-5-9-18(10-6-15)26(19,22)23/h5-6,9-10,14,16-17,20-21H,3-4,7-8,11-13H2,1-2H3,(H2,19,22,23)/t16-,17-. The van der Waals surface area contributed by atoms with Gasteiger partial charge in [-0.15, -0.1) is 0 Å². The van der Waals surface area contributed by atoms with E-state index in [9.17, 15) is 16.8 Å². The topological polar surface area (TPSA) is 118 Å². The lowest BCUT2D eigenvalue weighted by atomic mass is 9.86. The minimum atomic E-state index is -3.64. The molecule has 0 atom stereocenters. The zero-order chi connectivity index (χ0) is 20.1. The first-order valence-electron chi connectivity index (χ1n) is 9.41. The SMILES string of the molecule is CC(C)S(=O)(=O)N[C@H]1CC[C@H](CNCCc2ccc(S(N)(=O)=O)cc2)CC1. The predicted octanol–water partition coefficient (Wildman–Crippen LogP) is 1.35. The summed E-state index contributed by atoms with van der Waals surface area (Å²) in [6.45, 7) is 5.12. The first kappa shape index (κ1) is 22.3. The van der Waals surface area contributed by atoms with Gasteiger partial charge in [0, 0.05) is 6.04 Å². The molecule has 1 aliphatic carbocycles. The highest BCUT2D eigenvalue weighted by atomic mass is 32.2. The van der Waals surface area contributed by atoms with Crippen molar-refractivity contribution in [2.75, 3.05) is 13.1 Å². The molecule has 1 saturated carbocycles. The summed E-state index contributed by atoms with van der Waals surface area (Å²) >= 11 is 0. The second-order valence-corrected chi connectivity index (χ2v) is 11.4. The van der Waals surface area contributed by atoms with Crippen molar-refractivity contribution in [1.29, 1.82) is 0 Å². The molecule has 1 aromatic rings. The van der Waals surface area contributed by atoms with Crippen molar-refractivity contribution in [2.24, 2.45) is 11.1 Å². The van der Waals surface area contributed by atoms with E-state index in [-0.39, 0.29) is 10.9 Å². The summed E-state index contributed by atoms with van der Waals surface area (Å²) in [5.74, 6) is 0.564. The third-order valence-electron chi connectivity index (χ3n) is 5.07. The van der Waals surface area contributed by atoms with E-state index in [0.717, 1.165) is 50.8 Å². The monoisotopic (exact) mass is 417 g/mol. The maximum atomic E-state index is 11.9. The zero-order valence-corrected chi connectivity index (χ0v) is 17.7. The average molecular weight is 418 g/mol. The molecule has 9 heteroatoms. The van der Waals surface area contributed by atoms with Crippen LogP contribution in [0.4, 0.5) is 0 Å². The van der Waals surface area contributed by atoms with Gasteiger partial charge in [-0.2, -0.15) is 0 Å². The van der Waals surface area contributed by atoms with Gasteiger partial charge in [-0.05, 0) is 82.7 Å². The van der Waals surface area contributed by atoms with Crippen molar-refractivity contribution in [2.45, 2.75) is 62.1 Å². The fraction of sp³-hybridized carbons (Fsp3) is 0.667. The molecule has 0 unspecified atom stereocenters. The zero-order valence-electron chi connectivity index (χ0n) is 16.0. The van der Waals surface area contributed by atoms with E-state index in [1.165, 1.54) is 12.1 Å². The van der Waals surface area contributed by atoms with Crippen molar-refractivity contribution in [1.82, 2.24) is 10.0 Å². The number of hydrogen-bond donors (Lipinski definition) is 3. The molecule has 0 aliphatic heterocycles. The number of primary sulfonamides is 1. The van der Waals surface area contributed by atoms with Crippen LogP contribution in [0.2, 0.25) is 0 Å². The van der Waals surface area contributed by atoms with Gasteiger partial charge in [-0.1, -0.05) is 12.1 Å². The third-order valence-corrected chi connectivity index (χ3v) is 7.91. The van der Waals surface area contributed by atoms with Crippen molar-refractivity contribution >= 4 is 20.0 Å². The average Bonchev–Trinajstić information content (AvgIpc) is 2.59. The summed E-state index contributed by atoms with van der Waals surface area (Å²) in [6.07, 6.45) is 4.61. The van der Waals surface area contributed by atoms with E-state index in [1.807, 2.05) is 0 Å². The van der Waals surface area contributed by atoms with E-state index in [2.05, 4.69) is 10.0 Å². The minimum Gasteiger partial charge on any atom is -0.316 e. The van der Waals surface area contributed by atoms with E-state index in [1.54, 1.807) is 26.0 Å². The molecule has 0 saturated heterocycles. The van der Waals surface area contributed by atoms with Gasteiger partial charge < -0.3 is 5.32 Å². The van der Waals surface area contributed by atoms with Gasteiger partial charge in [0.1, 0.15) is 0 Å². The second kappa shape index (κ2) is 9.47. The molecule has 2 rings (SSSR count). The summed E-state index contributed by atoms with van der Waals surface area (Å²) in [5, 5.41) is 8.15. The lowest BCUT2D eigenvalue weighted by Gasteiger charge is -2.29. The molecule has 1 aliphatic rings. The maximum absolute atomic E-state index is 11.9. The number of nitrogens with two attached hydrogens (primary N) is 1. The summed E-state index contributed by atoms with van der Waals surface area (Å²) in [7, 11) is -6.83. The van der Waals surface area contributed by atoms with E-state index < -0.39 is 25.3 Å². The molecular weight excluding hydrogens is 386 g/mol. The molecule has 0 aromatic heterocycles. The van der Waals surface area contributed by atoms with E-state index in [4.69, 9.17) is 5.14 Å². The minimum absolute atomic E-state index is 0.0611. The smallest absolute Gasteiger partial charge is 0.238 e. The molecule has 1 aromatic carbocycles. The quantitative estimate of drug-likeness (QED) is 0.524. The normalized spacial score (nSPS) is 21.5. The van der Waals surface area contributed by atoms with Crippen molar-refractivity contribution in [3.05, 3.63) is 29.8 Å². The Hall–Kier alpha value is -1.00. The molecule has 0 spiro atoms. The highest BCUT2D eigenvalue weighted by Crippen LogP contribution is 2.24. The Morgan fingerprint density at radius 2 is 1.63 bits per heavy atom. The van der Waals surface area contributed by atoms with Crippen LogP contribution in [0.1, 0.15) is 45.1 Å². The number of nitrogens with one attached hydrogen (secondary N) is 2.